The first kappa shape index (κ1) is 17.4. The standard InChI is InChI=1S/C22H16BrN3O/c1-14-9-10-19(17(23)12-14)26-22(27)16-13-21(20-8-4-5-11-24-20)25-18-7-3-2-6-15(16)18/h2-13H,1H3,(H,26,27). The number of fused-ring (bicyclic) bond motifs is 1. The van der Waals surface area contributed by atoms with Gasteiger partial charge in [-0.2, -0.15) is 0 Å². The summed E-state index contributed by atoms with van der Waals surface area (Å²) in [6.45, 7) is 2.01. The van der Waals surface area contributed by atoms with Gasteiger partial charge in [0, 0.05) is 16.1 Å². The molecule has 0 bridgehead atoms. The summed E-state index contributed by atoms with van der Waals surface area (Å²) in [5, 5.41) is 3.79. The fourth-order valence-electron chi connectivity index (χ4n) is 2.92. The van der Waals surface area contributed by atoms with Gasteiger partial charge in [-0.1, -0.05) is 30.3 Å². The smallest absolute Gasteiger partial charge is 0.256 e. The number of carbonyl (C=O) groups excluding carboxylic acids is 1. The van der Waals surface area contributed by atoms with Crippen LogP contribution in [0.5, 0.6) is 0 Å². The molecule has 0 atom stereocenters. The Kier molecular flexibility index (Phi) is 4.69. The van der Waals surface area contributed by atoms with E-state index in [2.05, 4.69) is 31.2 Å². The highest BCUT2D eigenvalue weighted by Crippen LogP contribution is 2.27. The molecule has 4 rings (SSSR count). The minimum absolute atomic E-state index is 0.185. The van der Waals surface area contributed by atoms with E-state index in [4.69, 9.17) is 0 Å². The van der Waals surface area contributed by atoms with E-state index in [0.717, 1.165) is 32.3 Å². The van der Waals surface area contributed by atoms with Crippen molar-refractivity contribution in [2.24, 2.45) is 0 Å². The van der Waals surface area contributed by atoms with Crippen LogP contribution in [0, 0.1) is 6.92 Å². The lowest BCUT2D eigenvalue weighted by Gasteiger charge is -2.11. The van der Waals surface area contributed by atoms with Gasteiger partial charge in [0.05, 0.1) is 28.2 Å². The summed E-state index contributed by atoms with van der Waals surface area (Å²) >= 11 is 3.51. The van der Waals surface area contributed by atoms with Crippen molar-refractivity contribution in [3.8, 4) is 11.4 Å². The lowest BCUT2D eigenvalue weighted by Crippen LogP contribution is -2.13. The van der Waals surface area contributed by atoms with Crippen LogP contribution in [0.4, 0.5) is 5.69 Å². The Hall–Kier alpha value is -3.05. The molecule has 2 aromatic heterocycles. The number of halogens is 1. The van der Waals surface area contributed by atoms with E-state index >= 15 is 0 Å². The van der Waals surface area contributed by atoms with Gasteiger partial charge in [0.2, 0.25) is 0 Å². The van der Waals surface area contributed by atoms with Crippen molar-refractivity contribution in [2.45, 2.75) is 6.92 Å². The molecule has 27 heavy (non-hydrogen) atoms. The molecule has 4 aromatic rings. The highest BCUT2D eigenvalue weighted by molar-refractivity contribution is 9.10. The summed E-state index contributed by atoms with van der Waals surface area (Å²) in [6, 6.07) is 20.9. The van der Waals surface area contributed by atoms with E-state index < -0.39 is 0 Å². The number of rotatable bonds is 3. The molecule has 132 valence electrons. The largest absolute Gasteiger partial charge is 0.321 e. The number of anilines is 1. The van der Waals surface area contributed by atoms with Crippen LogP contribution in [0.2, 0.25) is 0 Å². The monoisotopic (exact) mass is 417 g/mol. The fourth-order valence-corrected chi connectivity index (χ4v) is 3.51. The molecule has 0 aliphatic carbocycles. The molecule has 2 aromatic carbocycles. The highest BCUT2D eigenvalue weighted by atomic mass is 79.9. The van der Waals surface area contributed by atoms with Gasteiger partial charge in [-0.15, -0.1) is 0 Å². The minimum atomic E-state index is -0.185. The van der Waals surface area contributed by atoms with E-state index in [1.54, 1.807) is 12.3 Å². The number of hydrogen-bond acceptors (Lipinski definition) is 3. The van der Waals surface area contributed by atoms with Gasteiger partial charge in [0.15, 0.2) is 0 Å². The molecule has 0 radical (unpaired) electrons. The number of carbonyl (C=O) groups is 1. The Balaban J connectivity index is 1.81. The zero-order valence-corrected chi connectivity index (χ0v) is 16.2. The molecular weight excluding hydrogens is 402 g/mol. The lowest BCUT2D eigenvalue weighted by molar-refractivity contribution is 0.102. The fraction of sp³-hybridized carbons (Fsp3) is 0.0455. The van der Waals surface area contributed by atoms with E-state index in [9.17, 15) is 4.79 Å². The summed E-state index contributed by atoms with van der Waals surface area (Å²) in [5.41, 5.74) is 4.57. The van der Waals surface area contributed by atoms with Gasteiger partial charge in [-0.3, -0.25) is 9.78 Å². The van der Waals surface area contributed by atoms with E-state index in [1.165, 1.54) is 0 Å². The summed E-state index contributed by atoms with van der Waals surface area (Å²) in [7, 11) is 0. The molecule has 0 aliphatic rings. The Labute approximate surface area is 165 Å². The number of hydrogen-bond donors (Lipinski definition) is 1. The highest BCUT2D eigenvalue weighted by Gasteiger charge is 2.15. The molecule has 0 spiro atoms. The number of amides is 1. The third-order valence-electron chi connectivity index (χ3n) is 4.26. The van der Waals surface area contributed by atoms with E-state index in [-0.39, 0.29) is 5.91 Å². The van der Waals surface area contributed by atoms with Crippen molar-refractivity contribution in [3.05, 3.63) is 88.5 Å². The van der Waals surface area contributed by atoms with E-state index in [1.807, 2.05) is 67.6 Å². The van der Waals surface area contributed by atoms with Crippen molar-refractivity contribution in [3.63, 3.8) is 0 Å². The first-order valence-corrected chi connectivity index (χ1v) is 9.30. The second-order valence-corrected chi connectivity index (χ2v) is 7.08. The molecule has 0 aliphatic heterocycles. The van der Waals surface area contributed by atoms with Crippen molar-refractivity contribution in [1.29, 1.82) is 0 Å². The van der Waals surface area contributed by atoms with Crippen LogP contribution in [0.3, 0.4) is 0 Å². The van der Waals surface area contributed by atoms with Gasteiger partial charge in [0.1, 0.15) is 0 Å². The maximum Gasteiger partial charge on any atom is 0.256 e. The number of aromatic nitrogens is 2. The van der Waals surface area contributed by atoms with E-state index in [0.29, 0.717) is 11.3 Å². The third-order valence-corrected chi connectivity index (χ3v) is 4.92. The number of pyridine rings is 2. The SMILES string of the molecule is Cc1ccc(NC(=O)c2cc(-c3ccccn3)nc3ccccc23)c(Br)c1. The van der Waals surface area contributed by atoms with Crippen LogP contribution in [-0.2, 0) is 0 Å². The van der Waals surface area contributed by atoms with Crippen molar-refractivity contribution < 1.29 is 4.79 Å². The molecule has 0 unspecified atom stereocenters. The third kappa shape index (κ3) is 3.59. The molecule has 4 nitrogen and oxygen atoms in total. The number of para-hydroxylation sites is 1. The van der Waals surface area contributed by atoms with Crippen molar-refractivity contribution >= 4 is 38.4 Å². The minimum Gasteiger partial charge on any atom is -0.321 e. The van der Waals surface area contributed by atoms with Crippen LogP contribution >= 0.6 is 15.9 Å². The first-order chi connectivity index (χ1) is 13.1. The number of nitrogens with one attached hydrogen (secondary N) is 1. The maximum absolute atomic E-state index is 13.1. The quantitative estimate of drug-likeness (QED) is 0.470. The molecule has 0 saturated heterocycles. The number of nitrogens with zero attached hydrogens (tertiary/aromatic N) is 2. The maximum atomic E-state index is 13.1. The van der Waals surface area contributed by atoms with Gasteiger partial charge in [-0.25, -0.2) is 4.98 Å². The van der Waals surface area contributed by atoms with Crippen molar-refractivity contribution in [2.75, 3.05) is 5.32 Å². The zero-order chi connectivity index (χ0) is 18.8. The lowest BCUT2D eigenvalue weighted by atomic mass is 10.1. The van der Waals surface area contributed by atoms with Crippen LogP contribution in [-0.4, -0.2) is 15.9 Å². The predicted octanol–water partition coefficient (Wildman–Crippen LogP) is 5.62. The summed E-state index contributed by atoms with van der Waals surface area (Å²) < 4.78 is 0.846. The Bertz CT molecular complexity index is 1140. The van der Waals surface area contributed by atoms with Crippen molar-refractivity contribution in [1.82, 2.24) is 9.97 Å². The first-order valence-electron chi connectivity index (χ1n) is 8.50. The Morgan fingerprint density at radius 1 is 0.963 bits per heavy atom. The van der Waals surface area contributed by atoms with Gasteiger partial charge < -0.3 is 5.32 Å². The van der Waals surface area contributed by atoms with Gasteiger partial charge in [-0.05, 0) is 64.8 Å². The van der Waals surface area contributed by atoms with Crippen LogP contribution < -0.4 is 5.32 Å². The molecular formula is C22H16BrN3O. The second kappa shape index (κ2) is 7.29. The van der Waals surface area contributed by atoms with Gasteiger partial charge in [0.25, 0.3) is 5.91 Å². The predicted molar refractivity (Wildman–Crippen MR) is 112 cm³/mol. The van der Waals surface area contributed by atoms with Crippen LogP contribution in [0.1, 0.15) is 15.9 Å². The molecule has 1 N–H and O–H groups in total. The summed E-state index contributed by atoms with van der Waals surface area (Å²) in [6.07, 6.45) is 1.72. The zero-order valence-electron chi connectivity index (χ0n) is 14.6. The van der Waals surface area contributed by atoms with Gasteiger partial charge >= 0.3 is 0 Å². The molecule has 0 fully saturated rings. The molecule has 0 saturated carbocycles. The van der Waals surface area contributed by atoms with Crippen LogP contribution in [0.15, 0.2) is 77.4 Å². The average Bonchev–Trinajstić information content (AvgIpc) is 2.70. The molecule has 5 heteroatoms. The molecule has 1 amide bonds. The van der Waals surface area contributed by atoms with Crippen LogP contribution in [0.25, 0.3) is 22.3 Å². The second-order valence-electron chi connectivity index (χ2n) is 6.22. The normalized spacial score (nSPS) is 10.7. The summed E-state index contributed by atoms with van der Waals surface area (Å²) in [4.78, 5) is 22.1. The molecule has 2 heterocycles. The Morgan fingerprint density at radius 3 is 2.56 bits per heavy atom. The average molecular weight is 418 g/mol. The number of aryl methyl sites for hydroxylation is 1. The Morgan fingerprint density at radius 2 is 1.78 bits per heavy atom. The summed E-state index contributed by atoms with van der Waals surface area (Å²) in [5.74, 6) is -0.185. The topological polar surface area (TPSA) is 54.9 Å². The number of benzene rings is 2.